The molecule has 0 saturated heterocycles. The molecule has 2 N–H and O–H groups in total. The van der Waals surface area contributed by atoms with Gasteiger partial charge >= 0.3 is 0 Å². The molecule has 0 spiro atoms. The van der Waals surface area contributed by atoms with Crippen LogP contribution in [0.3, 0.4) is 0 Å². The maximum Gasteiger partial charge on any atom is 0.292 e. The van der Waals surface area contributed by atoms with Crippen molar-refractivity contribution in [1.29, 1.82) is 0 Å². The van der Waals surface area contributed by atoms with Crippen molar-refractivity contribution in [2.75, 3.05) is 17.3 Å². The topological polar surface area (TPSA) is 105 Å². The number of rotatable bonds is 6. The fraction of sp³-hybridized carbons (Fsp3) is 0.350. The normalized spacial score (nSPS) is 15.5. The molecule has 0 bridgehead atoms. The molecular formula is C20H21N3O5. The van der Waals surface area contributed by atoms with Crippen LogP contribution in [0.2, 0.25) is 0 Å². The zero-order chi connectivity index (χ0) is 19.8. The summed E-state index contributed by atoms with van der Waals surface area (Å²) in [5.41, 5.74) is 2.86. The van der Waals surface area contributed by atoms with Gasteiger partial charge < -0.3 is 20.1 Å². The summed E-state index contributed by atoms with van der Waals surface area (Å²) < 4.78 is 5.17. The molecule has 1 heterocycles. The molecule has 1 aliphatic carbocycles. The Morgan fingerprint density at radius 3 is 2.75 bits per heavy atom. The van der Waals surface area contributed by atoms with E-state index in [0.717, 1.165) is 24.0 Å². The second-order valence-electron chi connectivity index (χ2n) is 7.17. The van der Waals surface area contributed by atoms with Crippen LogP contribution in [0.15, 0.2) is 30.3 Å². The van der Waals surface area contributed by atoms with E-state index in [0.29, 0.717) is 36.5 Å². The molecule has 2 aromatic rings. The average Bonchev–Trinajstić information content (AvgIpc) is 3.51. The lowest BCUT2D eigenvalue weighted by atomic mass is 10.0. The number of ether oxygens (including phenoxy) is 1. The molecule has 0 aromatic heterocycles. The fourth-order valence-electron chi connectivity index (χ4n) is 3.59. The summed E-state index contributed by atoms with van der Waals surface area (Å²) in [6, 6.07) is 8.57. The number of nitrogens with zero attached hydrogens (tertiary/aromatic N) is 2. The van der Waals surface area contributed by atoms with E-state index in [4.69, 9.17) is 4.74 Å². The van der Waals surface area contributed by atoms with Gasteiger partial charge in [0, 0.05) is 30.8 Å². The Balaban J connectivity index is 1.74. The summed E-state index contributed by atoms with van der Waals surface area (Å²) in [6.45, 7) is 0.439. The number of aryl methyl sites for hydroxylation is 1. The molecule has 8 heteroatoms. The van der Waals surface area contributed by atoms with E-state index in [9.17, 15) is 20.0 Å². The average molecular weight is 383 g/mol. The number of nitro groups is 1. The lowest BCUT2D eigenvalue weighted by molar-refractivity contribution is -0.384. The van der Waals surface area contributed by atoms with Crippen molar-refractivity contribution >= 4 is 23.0 Å². The number of methoxy groups -OCH3 is 1. The van der Waals surface area contributed by atoms with Crippen LogP contribution in [0.25, 0.3) is 0 Å². The minimum absolute atomic E-state index is 0.0479. The zero-order valence-electron chi connectivity index (χ0n) is 15.5. The number of benzene rings is 2. The number of phenolic OH excluding ortho intramolecular Hbond substituents is 1. The van der Waals surface area contributed by atoms with Gasteiger partial charge in [-0.1, -0.05) is 6.07 Å². The van der Waals surface area contributed by atoms with Gasteiger partial charge in [-0.2, -0.15) is 0 Å². The third-order valence-electron chi connectivity index (χ3n) is 5.19. The van der Waals surface area contributed by atoms with Crippen molar-refractivity contribution in [1.82, 2.24) is 0 Å². The van der Waals surface area contributed by atoms with Crippen LogP contribution >= 0.6 is 0 Å². The van der Waals surface area contributed by atoms with E-state index in [-0.39, 0.29) is 28.3 Å². The molecule has 0 atom stereocenters. The molecule has 1 saturated carbocycles. The molecule has 28 heavy (non-hydrogen) atoms. The summed E-state index contributed by atoms with van der Waals surface area (Å²) in [4.78, 5) is 25.2. The van der Waals surface area contributed by atoms with Crippen LogP contribution in [0.4, 0.5) is 17.1 Å². The van der Waals surface area contributed by atoms with E-state index in [1.807, 2.05) is 4.90 Å². The van der Waals surface area contributed by atoms with Gasteiger partial charge in [-0.15, -0.1) is 0 Å². The Morgan fingerprint density at radius 1 is 1.29 bits per heavy atom. The second-order valence-corrected chi connectivity index (χ2v) is 7.17. The van der Waals surface area contributed by atoms with Gasteiger partial charge in [0.2, 0.25) is 5.91 Å². The van der Waals surface area contributed by atoms with Crippen molar-refractivity contribution in [3.8, 4) is 11.5 Å². The minimum atomic E-state index is -0.362. The highest BCUT2D eigenvalue weighted by atomic mass is 16.6. The highest BCUT2D eigenvalue weighted by Crippen LogP contribution is 2.42. The van der Waals surface area contributed by atoms with Crippen molar-refractivity contribution in [3.05, 3.63) is 51.6 Å². The highest BCUT2D eigenvalue weighted by molar-refractivity contribution is 5.95. The number of amides is 1. The predicted octanol–water partition coefficient (Wildman–Crippen LogP) is 3.36. The zero-order valence-corrected chi connectivity index (χ0v) is 15.5. The maximum atomic E-state index is 11.8. The van der Waals surface area contributed by atoms with Crippen molar-refractivity contribution in [2.24, 2.45) is 0 Å². The van der Waals surface area contributed by atoms with Gasteiger partial charge in [-0.05, 0) is 48.6 Å². The summed E-state index contributed by atoms with van der Waals surface area (Å²) in [6.07, 6.45) is 2.75. The first-order valence-corrected chi connectivity index (χ1v) is 9.20. The van der Waals surface area contributed by atoms with Crippen molar-refractivity contribution in [3.63, 3.8) is 0 Å². The Hall–Kier alpha value is -3.29. The van der Waals surface area contributed by atoms with Gasteiger partial charge in [0.1, 0.15) is 5.69 Å². The molecule has 146 valence electrons. The van der Waals surface area contributed by atoms with Crippen LogP contribution in [0.5, 0.6) is 11.5 Å². The predicted molar refractivity (Wildman–Crippen MR) is 104 cm³/mol. The minimum Gasteiger partial charge on any atom is -0.504 e. The van der Waals surface area contributed by atoms with E-state index < -0.39 is 0 Å². The molecule has 1 amide bonds. The molecule has 2 aromatic carbocycles. The van der Waals surface area contributed by atoms with Crippen LogP contribution < -0.4 is 15.0 Å². The summed E-state index contributed by atoms with van der Waals surface area (Å²) in [5, 5.41) is 24.4. The largest absolute Gasteiger partial charge is 0.504 e. The summed E-state index contributed by atoms with van der Waals surface area (Å²) in [7, 11) is 1.48. The van der Waals surface area contributed by atoms with Crippen LogP contribution in [-0.2, 0) is 17.8 Å². The quantitative estimate of drug-likeness (QED) is 0.585. The van der Waals surface area contributed by atoms with Crippen LogP contribution in [0.1, 0.15) is 30.4 Å². The molecular weight excluding hydrogens is 362 g/mol. The number of carbonyl (C=O) groups is 1. The maximum absolute atomic E-state index is 11.8. The first kappa shape index (κ1) is 18.1. The van der Waals surface area contributed by atoms with E-state index in [1.165, 1.54) is 7.11 Å². The molecule has 1 aliphatic heterocycles. The number of carbonyl (C=O) groups excluding carboxylic acids is 1. The first-order valence-electron chi connectivity index (χ1n) is 9.20. The Labute approximate surface area is 161 Å². The number of hydrogen-bond acceptors (Lipinski definition) is 6. The number of aromatic hydroxyl groups is 1. The number of anilines is 2. The van der Waals surface area contributed by atoms with Crippen LogP contribution in [0, 0.1) is 10.1 Å². The monoisotopic (exact) mass is 383 g/mol. The van der Waals surface area contributed by atoms with Gasteiger partial charge in [0.15, 0.2) is 11.5 Å². The third kappa shape index (κ3) is 3.45. The molecule has 0 unspecified atom stereocenters. The third-order valence-corrected chi connectivity index (χ3v) is 5.19. The number of nitrogens with one attached hydrogen (secondary N) is 1. The number of nitro benzene ring substituents is 1. The smallest absolute Gasteiger partial charge is 0.292 e. The highest BCUT2D eigenvalue weighted by Gasteiger charge is 2.34. The van der Waals surface area contributed by atoms with Gasteiger partial charge in [0.25, 0.3) is 5.69 Å². The van der Waals surface area contributed by atoms with E-state index >= 15 is 0 Å². The molecule has 0 radical (unpaired) electrons. The molecule has 8 nitrogen and oxygen atoms in total. The van der Waals surface area contributed by atoms with E-state index in [1.54, 1.807) is 30.3 Å². The molecule has 1 fully saturated rings. The fourth-order valence-corrected chi connectivity index (χ4v) is 3.59. The first-order chi connectivity index (χ1) is 13.5. The Bertz CT molecular complexity index is 955. The Morgan fingerprint density at radius 2 is 2.07 bits per heavy atom. The lowest BCUT2D eigenvalue weighted by Crippen LogP contribution is -2.27. The molecule has 4 rings (SSSR count). The summed E-state index contributed by atoms with van der Waals surface area (Å²) >= 11 is 0. The number of fused-ring (bicyclic) bond motifs is 1. The van der Waals surface area contributed by atoms with Gasteiger partial charge in [-0.3, -0.25) is 14.9 Å². The Kier molecular flexibility index (Phi) is 4.54. The number of phenols is 1. The summed E-state index contributed by atoms with van der Waals surface area (Å²) in [5.74, 6) is 0.334. The van der Waals surface area contributed by atoms with Crippen molar-refractivity contribution in [2.45, 2.75) is 38.3 Å². The van der Waals surface area contributed by atoms with Crippen molar-refractivity contribution < 1.29 is 19.6 Å². The van der Waals surface area contributed by atoms with Crippen LogP contribution in [-0.4, -0.2) is 29.1 Å². The van der Waals surface area contributed by atoms with E-state index in [2.05, 4.69) is 5.32 Å². The SMILES string of the molecule is COc1cc(CN(c2cc3c(cc2[N+](=O)[O-])CCC(=O)N3)C2CC2)ccc1O. The standard InChI is InChI=1S/C20H21N3O5/c1-28-19-8-12(2-6-18(19)24)11-22(14-4-5-14)16-10-15-13(3-7-20(25)21-15)9-17(16)23(26)27/h2,6,8-10,14,24H,3-5,7,11H2,1H3,(H,21,25). The lowest BCUT2D eigenvalue weighted by Gasteiger charge is -2.27. The van der Waals surface area contributed by atoms with Gasteiger partial charge in [0.05, 0.1) is 12.0 Å². The van der Waals surface area contributed by atoms with Gasteiger partial charge in [-0.25, -0.2) is 0 Å². The second kappa shape index (κ2) is 7.03. The number of hydrogen-bond donors (Lipinski definition) is 2. The molecule has 2 aliphatic rings.